The van der Waals surface area contributed by atoms with Gasteiger partial charge < -0.3 is 24.1 Å². The highest BCUT2D eigenvalue weighted by atomic mass is 16.5. The van der Waals surface area contributed by atoms with Gasteiger partial charge >= 0.3 is 5.97 Å². The SMILES string of the molecule is CCOc1ccc(C(C)(C)COCc2cccc(Oc3ccc(OCC(=O)O)cc3)c2)cc1. The topological polar surface area (TPSA) is 74.2 Å². The molecule has 0 aromatic heterocycles. The third kappa shape index (κ3) is 7.54. The Morgan fingerprint density at radius 2 is 1.48 bits per heavy atom. The van der Waals surface area contributed by atoms with Gasteiger partial charge in [0.1, 0.15) is 23.0 Å². The standard InChI is InChI=1S/C27H30O6/c1-4-31-22-10-8-21(9-11-22)27(2,3)19-30-17-20-6-5-7-25(16-20)33-24-14-12-23(13-15-24)32-18-26(28)29/h5-16H,4,17-19H2,1-3H3,(H,28,29). The fraction of sp³-hybridized carbons (Fsp3) is 0.296. The number of carboxylic acid groups (broad SMARTS) is 1. The molecule has 6 nitrogen and oxygen atoms in total. The number of aliphatic carboxylic acids is 1. The Kier molecular flexibility index (Phi) is 8.33. The Hall–Kier alpha value is -3.51. The van der Waals surface area contributed by atoms with Gasteiger partial charge in [-0.25, -0.2) is 4.79 Å². The van der Waals surface area contributed by atoms with Crippen molar-refractivity contribution in [2.24, 2.45) is 0 Å². The quantitative estimate of drug-likeness (QED) is 0.374. The van der Waals surface area contributed by atoms with Crippen LogP contribution in [0.25, 0.3) is 0 Å². The van der Waals surface area contributed by atoms with Gasteiger partial charge in [-0.1, -0.05) is 38.1 Å². The number of rotatable bonds is 12. The Bertz CT molecular complexity index is 1030. The third-order valence-electron chi connectivity index (χ3n) is 5.00. The Morgan fingerprint density at radius 1 is 0.848 bits per heavy atom. The number of hydrogen-bond donors (Lipinski definition) is 1. The lowest BCUT2D eigenvalue weighted by Crippen LogP contribution is -2.24. The average molecular weight is 451 g/mol. The molecule has 0 bridgehead atoms. The lowest BCUT2D eigenvalue weighted by Gasteiger charge is -2.25. The number of carbonyl (C=O) groups is 1. The maximum absolute atomic E-state index is 10.6. The van der Waals surface area contributed by atoms with Gasteiger partial charge in [0, 0.05) is 5.41 Å². The first-order chi connectivity index (χ1) is 15.9. The minimum Gasteiger partial charge on any atom is -0.494 e. The van der Waals surface area contributed by atoms with Crippen molar-refractivity contribution in [3.8, 4) is 23.0 Å². The predicted octanol–water partition coefficient (Wildman–Crippen LogP) is 5.84. The number of ether oxygens (including phenoxy) is 4. The van der Waals surface area contributed by atoms with Crippen LogP contribution in [-0.4, -0.2) is 30.9 Å². The molecule has 33 heavy (non-hydrogen) atoms. The van der Waals surface area contributed by atoms with Crippen LogP contribution in [0.1, 0.15) is 31.9 Å². The molecule has 0 fully saturated rings. The van der Waals surface area contributed by atoms with Crippen LogP contribution in [0.2, 0.25) is 0 Å². The normalized spacial score (nSPS) is 11.1. The summed E-state index contributed by atoms with van der Waals surface area (Å²) in [5.41, 5.74) is 2.07. The summed E-state index contributed by atoms with van der Waals surface area (Å²) in [6.07, 6.45) is 0. The van der Waals surface area contributed by atoms with Crippen LogP contribution < -0.4 is 14.2 Å². The Labute approximate surface area is 194 Å². The number of hydrogen-bond acceptors (Lipinski definition) is 5. The summed E-state index contributed by atoms with van der Waals surface area (Å²) in [6.45, 7) is 7.61. The highest BCUT2D eigenvalue weighted by molar-refractivity contribution is 5.68. The first kappa shape index (κ1) is 24.1. The van der Waals surface area contributed by atoms with Crippen LogP contribution in [0, 0.1) is 0 Å². The van der Waals surface area contributed by atoms with Gasteiger partial charge in [-0.2, -0.15) is 0 Å². The maximum atomic E-state index is 10.6. The zero-order valence-electron chi connectivity index (χ0n) is 19.2. The van der Waals surface area contributed by atoms with Gasteiger partial charge in [0.2, 0.25) is 0 Å². The number of benzene rings is 3. The molecule has 0 radical (unpaired) electrons. The second-order valence-electron chi connectivity index (χ2n) is 8.24. The van der Waals surface area contributed by atoms with Gasteiger partial charge in [-0.15, -0.1) is 0 Å². The summed E-state index contributed by atoms with van der Waals surface area (Å²) >= 11 is 0. The van der Waals surface area contributed by atoms with Crippen molar-refractivity contribution in [3.63, 3.8) is 0 Å². The molecule has 0 atom stereocenters. The first-order valence-corrected chi connectivity index (χ1v) is 10.9. The first-order valence-electron chi connectivity index (χ1n) is 10.9. The van der Waals surface area contributed by atoms with Crippen molar-refractivity contribution in [3.05, 3.63) is 83.9 Å². The van der Waals surface area contributed by atoms with E-state index in [4.69, 9.17) is 24.1 Å². The van der Waals surface area contributed by atoms with Gasteiger partial charge in [0.25, 0.3) is 0 Å². The molecule has 0 unspecified atom stereocenters. The highest BCUT2D eigenvalue weighted by Gasteiger charge is 2.21. The summed E-state index contributed by atoms with van der Waals surface area (Å²) in [4.78, 5) is 10.6. The van der Waals surface area contributed by atoms with E-state index in [0.717, 1.165) is 11.3 Å². The fourth-order valence-corrected chi connectivity index (χ4v) is 3.26. The molecule has 0 heterocycles. The van der Waals surface area contributed by atoms with Crippen molar-refractivity contribution >= 4 is 5.97 Å². The summed E-state index contributed by atoms with van der Waals surface area (Å²) < 4.78 is 22.6. The molecule has 0 aliphatic heterocycles. The molecular weight excluding hydrogens is 420 g/mol. The van der Waals surface area contributed by atoms with Crippen molar-refractivity contribution in [1.82, 2.24) is 0 Å². The summed E-state index contributed by atoms with van der Waals surface area (Å²) in [6, 6.07) is 22.7. The Morgan fingerprint density at radius 3 is 2.15 bits per heavy atom. The van der Waals surface area contributed by atoms with E-state index in [9.17, 15) is 4.79 Å². The summed E-state index contributed by atoms with van der Waals surface area (Å²) in [7, 11) is 0. The molecule has 3 aromatic rings. The summed E-state index contributed by atoms with van der Waals surface area (Å²) in [5, 5.41) is 8.68. The second kappa shape index (κ2) is 11.4. The molecule has 0 amide bonds. The molecule has 3 rings (SSSR count). The molecule has 0 saturated carbocycles. The van der Waals surface area contributed by atoms with Gasteiger partial charge in [0.05, 0.1) is 19.8 Å². The molecule has 1 N–H and O–H groups in total. The van der Waals surface area contributed by atoms with Crippen LogP contribution in [0.15, 0.2) is 72.8 Å². The van der Waals surface area contributed by atoms with Crippen molar-refractivity contribution < 1.29 is 28.8 Å². The second-order valence-corrected chi connectivity index (χ2v) is 8.24. The van der Waals surface area contributed by atoms with E-state index in [0.29, 0.717) is 37.1 Å². The van der Waals surface area contributed by atoms with Gasteiger partial charge in [0.15, 0.2) is 6.61 Å². The summed E-state index contributed by atoms with van der Waals surface area (Å²) in [5.74, 6) is 1.66. The maximum Gasteiger partial charge on any atom is 0.341 e. The van der Waals surface area contributed by atoms with E-state index in [2.05, 4.69) is 26.0 Å². The van der Waals surface area contributed by atoms with Crippen molar-refractivity contribution in [1.29, 1.82) is 0 Å². The van der Waals surface area contributed by atoms with Crippen LogP contribution >= 0.6 is 0 Å². The molecule has 3 aromatic carbocycles. The van der Waals surface area contributed by atoms with E-state index >= 15 is 0 Å². The van der Waals surface area contributed by atoms with Gasteiger partial charge in [-0.3, -0.25) is 0 Å². The average Bonchev–Trinajstić information content (AvgIpc) is 2.79. The van der Waals surface area contributed by atoms with Crippen molar-refractivity contribution in [2.45, 2.75) is 32.8 Å². The molecule has 0 saturated heterocycles. The van der Waals surface area contributed by atoms with Crippen molar-refractivity contribution in [2.75, 3.05) is 19.8 Å². The third-order valence-corrected chi connectivity index (χ3v) is 5.00. The smallest absolute Gasteiger partial charge is 0.341 e. The Balaban J connectivity index is 1.52. The molecular formula is C27H30O6. The zero-order chi connectivity index (χ0) is 23.7. The van der Waals surface area contributed by atoms with Crippen LogP contribution in [0.3, 0.4) is 0 Å². The predicted molar refractivity (Wildman–Crippen MR) is 126 cm³/mol. The van der Waals surface area contributed by atoms with Crippen LogP contribution in [0.5, 0.6) is 23.0 Å². The molecule has 0 spiro atoms. The van der Waals surface area contributed by atoms with E-state index in [1.807, 2.05) is 43.3 Å². The molecule has 174 valence electrons. The van der Waals surface area contributed by atoms with Gasteiger partial charge in [-0.05, 0) is 66.6 Å². The van der Waals surface area contributed by atoms with E-state index in [1.54, 1.807) is 24.3 Å². The lowest BCUT2D eigenvalue weighted by molar-refractivity contribution is -0.139. The van der Waals surface area contributed by atoms with E-state index in [-0.39, 0.29) is 12.0 Å². The van der Waals surface area contributed by atoms with E-state index in [1.165, 1.54) is 5.56 Å². The van der Waals surface area contributed by atoms with E-state index < -0.39 is 5.97 Å². The van der Waals surface area contributed by atoms with Crippen LogP contribution in [0.4, 0.5) is 0 Å². The van der Waals surface area contributed by atoms with Crippen LogP contribution in [-0.2, 0) is 21.6 Å². The zero-order valence-corrected chi connectivity index (χ0v) is 19.2. The minimum atomic E-state index is -1.02. The molecule has 6 heteroatoms. The fourth-order valence-electron chi connectivity index (χ4n) is 3.26. The minimum absolute atomic E-state index is 0.136. The largest absolute Gasteiger partial charge is 0.494 e. The molecule has 0 aliphatic rings. The lowest BCUT2D eigenvalue weighted by atomic mass is 9.85. The highest BCUT2D eigenvalue weighted by Crippen LogP contribution is 2.27. The number of carboxylic acids is 1. The molecule has 0 aliphatic carbocycles. The monoisotopic (exact) mass is 450 g/mol.